The summed E-state index contributed by atoms with van der Waals surface area (Å²) in [4.78, 5) is 36.7. The molecule has 0 radical (unpaired) electrons. The number of benzene rings is 2. The van der Waals surface area contributed by atoms with Gasteiger partial charge in [0.1, 0.15) is 12.3 Å². The first kappa shape index (κ1) is 19.2. The first-order chi connectivity index (χ1) is 13.2. The standard InChI is InChI=1S/C18H14F3N3O4/c19-18(20,21)17(27)23-12-6-7-14-13(8-12)24(16(26)10-28-14)9-15(25)22-11-4-2-1-3-5-11/h1-8H,9-10H2,(H,22,25)(H,23,27). The number of hydrogen-bond donors (Lipinski definition) is 2. The lowest BCUT2D eigenvalue weighted by Gasteiger charge is -2.29. The van der Waals surface area contributed by atoms with Crippen molar-refractivity contribution in [3.63, 3.8) is 0 Å². The monoisotopic (exact) mass is 393 g/mol. The highest BCUT2D eigenvalue weighted by molar-refractivity contribution is 6.05. The van der Waals surface area contributed by atoms with E-state index in [1.165, 1.54) is 12.1 Å². The van der Waals surface area contributed by atoms with Crippen molar-refractivity contribution in [2.75, 3.05) is 28.7 Å². The molecule has 0 fully saturated rings. The van der Waals surface area contributed by atoms with Crippen LogP contribution in [0.15, 0.2) is 48.5 Å². The number of alkyl halides is 3. The number of ether oxygens (including phenoxy) is 1. The molecule has 7 nitrogen and oxygen atoms in total. The van der Waals surface area contributed by atoms with Crippen molar-refractivity contribution in [2.45, 2.75) is 6.18 Å². The number of fused-ring (bicyclic) bond motifs is 1. The minimum atomic E-state index is -5.06. The van der Waals surface area contributed by atoms with Crippen LogP contribution in [0.2, 0.25) is 0 Å². The van der Waals surface area contributed by atoms with Crippen molar-refractivity contribution in [3.8, 4) is 5.75 Å². The Labute approximate surface area is 157 Å². The van der Waals surface area contributed by atoms with E-state index in [1.54, 1.807) is 35.6 Å². The van der Waals surface area contributed by atoms with Crippen LogP contribution in [0.1, 0.15) is 0 Å². The zero-order valence-electron chi connectivity index (χ0n) is 14.2. The molecule has 1 aliphatic heterocycles. The number of carbonyl (C=O) groups excluding carboxylic acids is 3. The molecule has 0 saturated carbocycles. The van der Waals surface area contributed by atoms with E-state index in [0.29, 0.717) is 5.69 Å². The van der Waals surface area contributed by atoms with Gasteiger partial charge in [-0.1, -0.05) is 18.2 Å². The van der Waals surface area contributed by atoms with Gasteiger partial charge in [0.05, 0.1) is 5.69 Å². The molecule has 0 saturated heterocycles. The fourth-order valence-electron chi connectivity index (χ4n) is 2.52. The molecule has 2 N–H and O–H groups in total. The van der Waals surface area contributed by atoms with Gasteiger partial charge < -0.3 is 15.4 Å². The van der Waals surface area contributed by atoms with Crippen LogP contribution in [0, 0.1) is 0 Å². The smallest absolute Gasteiger partial charge is 0.471 e. The first-order valence-corrected chi connectivity index (χ1v) is 8.04. The highest BCUT2D eigenvalue weighted by atomic mass is 19.4. The molecule has 0 aromatic heterocycles. The number of carbonyl (C=O) groups is 3. The van der Waals surface area contributed by atoms with Crippen LogP contribution in [-0.4, -0.2) is 37.0 Å². The number of amides is 3. The van der Waals surface area contributed by atoms with Gasteiger partial charge >= 0.3 is 12.1 Å². The van der Waals surface area contributed by atoms with E-state index in [0.717, 1.165) is 11.0 Å². The number of rotatable bonds is 4. The SMILES string of the molecule is O=C(CN1C(=O)COc2ccc(NC(=O)C(F)(F)F)cc21)Nc1ccccc1. The third kappa shape index (κ3) is 4.40. The second-order valence-corrected chi connectivity index (χ2v) is 5.82. The lowest BCUT2D eigenvalue weighted by Crippen LogP contribution is -2.43. The van der Waals surface area contributed by atoms with Crippen LogP contribution in [-0.2, 0) is 14.4 Å². The van der Waals surface area contributed by atoms with Crippen LogP contribution >= 0.6 is 0 Å². The van der Waals surface area contributed by atoms with E-state index in [2.05, 4.69) is 5.32 Å². The van der Waals surface area contributed by atoms with Gasteiger partial charge in [-0.2, -0.15) is 13.2 Å². The number of anilines is 3. The van der Waals surface area contributed by atoms with Crippen molar-refractivity contribution in [1.82, 2.24) is 0 Å². The van der Waals surface area contributed by atoms with E-state index in [9.17, 15) is 27.6 Å². The lowest BCUT2D eigenvalue weighted by atomic mass is 10.2. The van der Waals surface area contributed by atoms with Gasteiger partial charge in [-0.25, -0.2) is 0 Å². The molecule has 3 amide bonds. The maximum absolute atomic E-state index is 12.4. The summed E-state index contributed by atoms with van der Waals surface area (Å²) < 4.78 is 42.5. The molecule has 10 heteroatoms. The average Bonchev–Trinajstić information content (AvgIpc) is 2.64. The van der Waals surface area contributed by atoms with Crippen LogP contribution in [0.5, 0.6) is 5.75 Å². The maximum Gasteiger partial charge on any atom is 0.471 e. The van der Waals surface area contributed by atoms with Crippen molar-refractivity contribution < 1.29 is 32.3 Å². The number of nitrogens with one attached hydrogen (secondary N) is 2. The average molecular weight is 393 g/mol. The second kappa shape index (κ2) is 7.59. The van der Waals surface area contributed by atoms with E-state index in [-0.39, 0.29) is 30.3 Å². The zero-order chi connectivity index (χ0) is 20.3. The van der Waals surface area contributed by atoms with Crippen molar-refractivity contribution in [3.05, 3.63) is 48.5 Å². The molecule has 146 valence electrons. The summed E-state index contributed by atoms with van der Waals surface area (Å²) in [6.07, 6.45) is -5.06. The van der Waals surface area contributed by atoms with E-state index in [1.807, 2.05) is 0 Å². The van der Waals surface area contributed by atoms with E-state index >= 15 is 0 Å². The highest BCUT2D eigenvalue weighted by Crippen LogP contribution is 2.35. The van der Waals surface area contributed by atoms with Crippen molar-refractivity contribution in [2.24, 2.45) is 0 Å². The lowest BCUT2D eigenvalue weighted by molar-refractivity contribution is -0.167. The van der Waals surface area contributed by atoms with Gasteiger partial charge in [0.25, 0.3) is 5.91 Å². The predicted octanol–water partition coefficient (Wildman–Crippen LogP) is 2.55. The quantitative estimate of drug-likeness (QED) is 0.836. The maximum atomic E-state index is 12.4. The van der Waals surface area contributed by atoms with Crippen LogP contribution in [0.4, 0.5) is 30.2 Å². The van der Waals surface area contributed by atoms with Gasteiger partial charge in [0.2, 0.25) is 5.91 Å². The zero-order valence-corrected chi connectivity index (χ0v) is 14.2. The summed E-state index contributed by atoms with van der Waals surface area (Å²) in [5.74, 6) is -2.99. The molecule has 2 aromatic rings. The molecule has 0 bridgehead atoms. The fraction of sp³-hybridized carbons (Fsp3) is 0.167. The number of hydrogen-bond acceptors (Lipinski definition) is 4. The highest BCUT2D eigenvalue weighted by Gasteiger charge is 2.39. The first-order valence-electron chi connectivity index (χ1n) is 8.04. The van der Waals surface area contributed by atoms with Crippen molar-refractivity contribution >= 4 is 34.8 Å². The Kier molecular flexibility index (Phi) is 5.21. The molecule has 0 unspecified atom stereocenters. The Bertz CT molecular complexity index is 916. The summed E-state index contributed by atoms with van der Waals surface area (Å²) in [6.45, 7) is -0.694. The van der Waals surface area contributed by atoms with Crippen LogP contribution in [0.25, 0.3) is 0 Å². The number of halogens is 3. The Balaban J connectivity index is 1.80. The Hall–Kier alpha value is -3.56. The third-order valence-electron chi connectivity index (χ3n) is 3.78. The summed E-state index contributed by atoms with van der Waals surface area (Å²) in [5.41, 5.74) is 0.423. The van der Waals surface area contributed by atoms with Gasteiger partial charge in [-0.3, -0.25) is 19.3 Å². The Morgan fingerprint density at radius 2 is 1.75 bits per heavy atom. The number of nitrogens with zero attached hydrogens (tertiary/aromatic N) is 1. The second-order valence-electron chi connectivity index (χ2n) is 5.82. The third-order valence-corrected chi connectivity index (χ3v) is 3.78. The summed E-state index contributed by atoms with van der Waals surface area (Å²) >= 11 is 0. The molecule has 2 aromatic carbocycles. The summed E-state index contributed by atoms with van der Waals surface area (Å²) in [7, 11) is 0. The number of para-hydroxylation sites is 1. The normalized spacial score (nSPS) is 13.4. The van der Waals surface area contributed by atoms with E-state index in [4.69, 9.17) is 4.74 Å². The molecule has 1 heterocycles. The molecule has 0 atom stereocenters. The molecular formula is C18H14F3N3O4. The van der Waals surface area contributed by atoms with E-state index < -0.39 is 23.9 Å². The van der Waals surface area contributed by atoms with Gasteiger partial charge in [-0.05, 0) is 30.3 Å². The Morgan fingerprint density at radius 1 is 1.04 bits per heavy atom. The molecule has 1 aliphatic rings. The Morgan fingerprint density at radius 3 is 2.43 bits per heavy atom. The molecular weight excluding hydrogens is 379 g/mol. The van der Waals surface area contributed by atoms with Crippen LogP contribution in [0.3, 0.4) is 0 Å². The van der Waals surface area contributed by atoms with Crippen LogP contribution < -0.4 is 20.3 Å². The van der Waals surface area contributed by atoms with Gasteiger partial charge in [-0.15, -0.1) is 0 Å². The molecule has 3 rings (SSSR count). The molecule has 28 heavy (non-hydrogen) atoms. The largest absolute Gasteiger partial charge is 0.482 e. The fourth-order valence-corrected chi connectivity index (χ4v) is 2.52. The summed E-state index contributed by atoms with van der Waals surface area (Å²) in [6, 6.07) is 12.2. The topological polar surface area (TPSA) is 87.7 Å². The van der Waals surface area contributed by atoms with Crippen molar-refractivity contribution in [1.29, 1.82) is 0 Å². The minimum Gasteiger partial charge on any atom is -0.482 e. The molecule has 0 aliphatic carbocycles. The molecule has 0 spiro atoms. The predicted molar refractivity (Wildman–Crippen MR) is 94.0 cm³/mol. The van der Waals surface area contributed by atoms with Gasteiger partial charge in [0, 0.05) is 11.4 Å². The van der Waals surface area contributed by atoms with Gasteiger partial charge in [0.15, 0.2) is 6.61 Å². The minimum absolute atomic E-state index is 0.0828. The summed E-state index contributed by atoms with van der Waals surface area (Å²) in [5, 5.41) is 4.32.